The second kappa shape index (κ2) is 6.64. The number of carbonyl (C=O) groups excluding carboxylic acids is 3. The van der Waals surface area contributed by atoms with Crippen LogP contribution < -0.4 is 10.2 Å². The number of hydrogen-bond donors (Lipinski definition) is 2. The van der Waals surface area contributed by atoms with E-state index in [1.807, 2.05) is 0 Å². The minimum absolute atomic E-state index is 0.263. The fourth-order valence-corrected chi connectivity index (χ4v) is 1.37. The van der Waals surface area contributed by atoms with Crippen molar-refractivity contribution in [2.75, 3.05) is 13.2 Å². The van der Waals surface area contributed by atoms with Gasteiger partial charge in [-0.2, -0.15) is 0 Å². The molecule has 2 N–H and O–H groups in total. The van der Waals surface area contributed by atoms with Crippen molar-refractivity contribution in [3.05, 3.63) is 34.9 Å². The molecule has 8 nitrogen and oxygen atoms in total. The molecule has 0 aliphatic carbocycles. The molecule has 0 amide bonds. The molecular formula is C12H10O8-2. The van der Waals surface area contributed by atoms with Crippen molar-refractivity contribution in [2.45, 2.75) is 6.10 Å². The number of ether oxygens (including phenoxy) is 1. The molecule has 8 heteroatoms. The third-order valence-corrected chi connectivity index (χ3v) is 2.38. The number of esters is 1. The molecule has 1 aromatic carbocycles. The summed E-state index contributed by atoms with van der Waals surface area (Å²) >= 11 is 0. The molecule has 0 aromatic heterocycles. The van der Waals surface area contributed by atoms with E-state index in [1.54, 1.807) is 0 Å². The summed E-state index contributed by atoms with van der Waals surface area (Å²) in [4.78, 5) is 33.1. The van der Waals surface area contributed by atoms with Crippen LogP contribution in [0.3, 0.4) is 0 Å². The summed E-state index contributed by atoms with van der Waals surface area (Å²) in [6.45, 7) is -1.24. The third-order valence-electron chi connectivity index (χ3n) is 2.38. The van der Waals surface area contributed by atoms with E-state index in [4.69, 9.17) is 10.2 Å². The molecular weight excluding hydrogens is 272 g/mol. The lowest BCUT2D eigenvalue weighted by Crippen LogP contribution is -2.31. The van der Waals surface area contributed by atoms with Crippen LogP contribution in [0.1, 0.15) is 31.1 Å². The smallest absolute Gasteiger partial charge is 0.338 e. The molecule has 1 rings (SSSR count). The number of hydrogen-bond acceptors (Lipinski definition) is 8. The normalized spacial score (nSPS) is 10.3. The van der Waals surface area contributed by atoms with Gasteiger partial charge < -0.3 is 34.8 Å². The summed E-state index contributed by atoms with van der Waals surface area (Å²) in [5.41, 5.74) is -1.63. The van der Waals surface area contributed by atoms with Crippen molar-refractivity contribution >= 4 is 17.9 Å². The van der Waals surface area contributed by atoms with Gasteiger partial charge in [-0.25, -0.2) is 4.79 Å². The quantitative estimate of drug-likeness (QED) is 0.522. The fourth-order valence-electron chi connectivity index (χ4n) is 1.37. The van der Waals surface area contributed by atoms with E-state index >= 15 is 0 Å². The Morgan fingerprint density at radius 1 is 1.05 bits per heavy atom. The van der Waals surface area contributed by atoms with E-state index in [1.165, 1.54) is 0 Å². The predicted octanol–water partition coefficient (Wildman–Crippen LogP) is -3.08. The topological polar surface area (TPSA) is 147 Å². The van der Waals surface area contributed by atoms with E-state index in [0.717, 1.165) is 18.2 Å². The van der Waals surface area contributed by atoms with Gasteiger partial charge in [0.2, 0.25) is 0 Å². The summed E-state index contributed by atoms with van der Waals surface area (Å²) < 4.78 is 4.65. The Bertz CT molecular complexity index is 532. The van der Waals surface area contributed by atoms with Crippen molar-refractivity contribution in [3.8, 4) is 0 Å². The van der Waals surface area contributed by atoms with Gasteiger partial charge in [-0.15, -0.1) is 0 Å². The first-order valence-corrected chi connectivity index (χ1v) is 5.40. The number of rotatable bonds is 6. The van der Waals surface area contributed by atoms with Gasteiger partial charge in [0.05, 0.1) is 30.7 Å². The van der Waals surface area contributed by atoms with Gasteiger partial charge in [0.1, 0.15) is 6.10 Å². The van der Waals surface area contributed by atoms with E-state index in [-0.39, 0.29) is 5.56 Å². The Morgan fingerprint density at radius 2 is 1.60 bits per heavy atom. The van der Waals surface area contributed by atoms with Crippen LogP contribution in [-0.2, 0) is 4.74 Å². The van der Waals surface area contributed by atoms with Crippen LogP contribution in [0.5, 0.6) is 0 Å². The summed E-state index contributed by atoms with van der Waals surface area (Å²) in [5.74, 6) is -4.54. The minimum Gasteiger partial charge on any atom is -0.545 e. The van der Waals surface area contributed by atoms with Gasteiger partial charge in [0.25, 0.3) is 0 Å². The van der Waals surface area contributed by atoms with Crippen LogP contribution in [-0.4, -0.2) is 47.4 Å². The SMILES string of the molecule is O=C(OC(CO)CO)c1ccc(C(=O)[O-])c(C(=O)[O-])c1. The molecule has 1 aromatic rings. The molecule has 0 atom stereocenters. The zero-order chi connectivity index (χ0) is 15.3. The van der Waals surface area contributed by atoms with Crippen LogP contribution >= 0.6 is 0 Å². The molecule has 0 bridgehead atoms. The van der Waals surface area contributed by atoms with Gasteiger partial charge in [0, 0.05) is 11.1 Å². The highest BCUT2D eigenvalue weighted by Crippen LogP contribution is 2.13. The van der Waals surface area contributed by atoms with E-state index < -0.39 is 48.4 Å². The summed E-state index contributed by atoms with van der Waals surface area (Å²) in [7, 11) is 0. The van der Waals surface area contributed by atoms with Crippen LogP contribution in [0.4, 0.5) is 0 Å². The van der Waals surface area contributed by atoms with Gasteiger partial charge in [-0.05, 0) is 12.1 Å². The molecule has 0 heterocycles. The van der Waals surface area contributed by atoms with Crippen molar-refractivity contribution in [1.82, 2.24) is 0 Å². The number of benzene rings is 1. The second-order valence-electron chi connectivity index (χ2n) is 3.73. The largest absolute Gasteiger partial charge is 0.545 e. The third kappa shape index (κ3) is 3.53. The number of aliphatic hydroxyl groups is 2. The summed E-state index contributed by atoms with van der Waals surface area (Å²) in [6.07, 6.45) is -1.16. The molecule has 108 valence electrons. The maximum absolute atomic E-state index is 11.6. The van der Waals surface area contributed by atoms with Gasteiger partial charge in [-0.3, -0.25) is 0 Å². The minimum atomic E-state index is -1.79. The molecule has 0 spiro atoms. The molecule has 0 fully saturated rings. The number of aromatic carboxylic acids is 2. The Balaban J connectivity index is 3.09. The van der Waals surface area contributed by atoms with Crippen LogP contribution in [0.25, 0.3) is 0 Å². The Morgan fingerprint density at radius 3 is 2.05 bits per heavy atom. The monoisotopic (exact) mass is 282 g/mol. The highest BCUT2D eigenvalue weighted by atomic mass is 16.6. The Kier molecular flexibility index (Phi) is 5.18. The van der Waals surface area contributed by atoms with E-state index in [2.05, 4.69) is 4.74 Å². The second-order valence-corrected chi connectivity index (χ2v) is 3.73. The standard InChI is InChI=1S/C12H12O8/c13-4-7(5-14)20-12(19)6-1-2-8(10(15)16)9(3-6)11(17)18/h1-3,7,13-14H,4-5H2,(H,15,16)(H,17,18)/p-2. The molecule has 0 saturated heterocycles. The van der Waals surface area contributed by atoms with Gasteiger partial charge in [-0.1, -0.05) is 6.07 Å². The molecule has 0 aliphatic rings. The molecule has 0 unspecified atom stereocenters. The lowest BCUT2D eigenvalue weighted by Gasteiger charge is -2.15. The van der Waals surface area contributed by atoms with Crippen molar-refractivity contribution in [2.24, 2.45) is 0 Å². The molecule has 20 heavy (non-hydrogen) atoms. The molecule has 0 radical (unpaired) electrons. The van der Waals surface area contributed by atoms with Crippen LogP contribution in [0.2, 0.25) is 0 Å². The molecule has 0 saturated carbocycles. The number of aliphatic hydroxyl groups excluding tert-OH is 2. The van der Waals surface area contributed by atoms with Crippen molar-refractivity contribution in [3.63, 3.8) is 0 Å². The van der Waals surface area contributed by atoms with Crippen molar-refractivity contribution < 1.29 is 39.5 Å². The van der Waals surface area contributed by atoms with Crippen LogP contribution in [0, 0.1) is 0 Å². The van der Waals surface area contributed by atoms with Gasteiger partial charge >= 0.3 is 5.97 Å². The highest BCUT2D eigenvalue weighted by Gasteiger charge is 2.16. The summed E-state index contributed by atoms with van der Waals surface area (Å²) in [6, 6.07) is 2.64. The summed E-state index contributed by atoms with van der Waals surface area (Å²) in [5, 5.41) is 39.0. The molecule has 0 aliphatic heterocycles. The lowest BCUT2D eigenvalue weighted by atomic mass is 10.0. The van der Waals surface area contributed by atoms with Crippen LogP contribution in [0.15, 0.2) is 18.2 Å². The zero-order valence-electron chi connectivity index (χ0n) is 10.1. The first kappa shape index (κ1) is 15.6. The Labute approximate surface area is 112 Å². The number of carboxylic acids is 2. The van der Waals surface area contributed by atoms with E-state index in [0.29, 0.717) is 0 Å². The first-order valence-electron chi connectivity index (χ1n) is 5.40. The van der Waals surface area contributed by atoms with Crippen molar-refractivity contribution in [1.29, 1.82) is 0 Å². The van der Waals surface area contributed by atoms with E-state index in [9.17, 15) is 24.6 Å². The Hall–Kier alpha value is -2.45. The highest BCUT2D eigenvalue weighted by molar-refractivity contribution is 6.02. The number of carbonyl (C=O) groups is 3. The lowest BCUT2D eigenvalue weighted by molar-refractivity contribution is -0.259. The fraction of sp³-hybridized carbons (Fsp3) is 0.250. The average Bonchev–Trinajstić information content (AvgIpc) is 2.43. The predicted molar refractivity (Wildman–Crippen MR) is 58.5 cm³/mol. The average molecular weight is 282 g/mol. The zero-order valence-corrected chi connectivity index (χ0v) is 10.1. The number of carboxylic acid groups (broad SMARTS) is 2. The maximum Gasteiger partial charge on any atom is 0.338 e. The first-order chi connectivity index (χ1) is 9.40. The maximum atomic E-state index is 11.6. The van der Waals surface area contributed by atoms with Gasteiger partial charge in [0.15, 0.2) is 0 Å².